The highest BCUT2D eigenvalue weighted by Gasteiger charge is 2.35. The summed E-state index contributed by atoms with van der Waals surface area (Å²) in [6.45, 7) is 7.90. The summed E-state index contributed by atoms with van der Waals surface area (Å²) in [5.74, 6) is 0.552. The second-order valence-electron chi connectivity index (χ2n) is 7.74. The second kappa shape index (κ2) is 8.88. The van der Waals surface area contributed by atoms with Crippen LogP contribution in [0.5, 0.6) is 11.6 Å². The number of benzene rings is 1. The molecule has 6 nitrogen and oxygen atoms in total. The van der Waals surface area contributed by atoms with Crippen molar-refractivity contribution in [2.45, 2.75) is 40.2 Å². The quantitative estimate of drug-likeness (QED) is 0.386. The van der Waals surface area contributed by atoms with Crippen LogP contribution >= 0.6 is 24.0 Å². The van der Waals surface area contributed by atoms with Gasteiger partial charge in [0.25, 0.3) is 11.5 Å². The third-order valence-electron chi connectivity index (χ3n) is 5.40. The van der Waals surface area contributed by atoms with E-state index in [0.29, 0.717) is 20.6 Å². The lowest BCUT2D eigenvalue weighted by molar-refractivity contribution is -0.123. The molecular weight excluding hydrogens is 442 g/mol. The standard InChI is InChI=1S/C24H23N3O3S2/c1-5-16(4)27-23(29)19(32-24(27)31)13-17-21(30-18-10-9-14(2)12-15(18)3)25-20-8-6-7-11-26(20)22(17)28/h6-13,16H,5H2,1-4H3/b19-13+. The average Bonchev–Trinajstić information content (AvgIpc) is 3.05. The smallest absolute Gasteiger partial charge is 0.269 e. The highest BCUT2D eigenvalue weighted by Crippen LogP contribution is 2.36. The molecule has 0 saturated carbocycles. The fourth-order valence-electron chi connectivity index (χ4n) is 3.48. The minimum atomic E-state index is -0.316. The van der Waals surface area contributed by atoms with E-state index in [4.69, 9.17) is 17.0 Å². The van der Waals surface area contributed by atoms with E-state index in [-0.39, 0.29) is 29.0 Å². The molecular formula is C24H23N3O3S2. The Morgan fingerprint density at radius 2 is 2.00 bits per heavy atom. The zero-order valence-corrected chi connectivity index (χ0v) is 19.9. The van der Waals surface area contributed by atoms with Crippen molar-refractivity contribution in [1.29, 1.82) is 0 Å². The summed E-state index contributed by atoms with van der Waals surface area (Å²) in [5, 5.41) is 0. The van der Waals surface area contributed by atoms with E-state index in [1.807, 2.05) is 45.9 Å². The Hall–Kier alpha value is -2.97. The van der Waals surface area contributed by atoms with Crippen molar-refractivity contribution >= 4 is 45.9 Å². The maximum atomic E-state index is 13.4. The maximum absolute atomic E-state index is 13.4. The number of hydrogen-bond donors (Lipinski definition) is 0. The van der Waals surface area contributed by atoms with E-state index in [1.54, 1.807) is 35.4 Å². The number of hydrogen-bond acceptors (Lipinski definition) is 6. The Bertz CT molecular complexity index is 1330. The molecule has 164 valence electrons. The molecule has 32 heavy (non-hydrogen) atoms. The molecule has 1 amide bonds. The Morgan fingerprint density at radius 1 is 1.22 bits per heavy atom. The molecule has 8 heteroatoms. The highest BCUT2D eigenvalue weighted by atomic mass is 32.2. The van der Waals surface area contributed by atoms with Crippen LogP contribution in [-0.4, -0.2) is 30.6 Å². The molecule has 1 atom stereocenters. The lowest BCUT2D eigenvalue weighted by Crippen LogP contribution is -2.36. The number of aryl methyl sites for hydroxylation is 2. The van der Waals surface area contributed by atoms with Gasteiger partial charge in [0.1, 0.15) is 21.3 Å². The van der Waals surface area contributed by atoms with E-state index < -0.39 is 0 Å². The molecule has 0 bridgehead atoms. The first-order chi connectivity index (χ1) is 15.3. The Morgan fingerprint density at radius 3 is 2.72 bits per heavy atom. The van der Waals surface area contributed by atoms with Gasteiger partial charge in [-0.05, 0) is 57.0 Å². The number of amides is 1. The first-order valence-electron chi connectivity index (χ1n) is 10.3. The van der Waals surface area contributed by atoms with Gasteiger partial charge in [-0.25, -0.2) is 0 Å². The predicted molar refractivity (Wildman–Crippen MR) is 132 cm³/mol. The van der Waals surface area contributed by atoms with Crippen LogP contribution in [-0.2, 0) is 4.79 Å². The molecule has 1 saturated heterocycles. The summed E-state index contributed by atoms with van der Waals surface area (Å²) in [7, 11) is 0. The molecule has 1 aromatic carbocycles. The number of aromatic nitrogens is 2. The van der Waals surface area contributed by atoms with Gasteiger partial charge in [-0.3, -0.25) is 18.9 Å². The molecule has 3 heterocycles. The number of carbonyl (C=O) groups excluding carboxylic acids is 1. The topological polar surface area (TPSA) is 63.9 Å². The zero-order chi connectivity index (χ0) is 23.0. The maximum Gasteiger partial charge on any atom is 0.269 e. The lowest BCUT2D eigenvalue weighted by atomic mass is 10.1. The minimum absolute atomic E-state index is 0.0184. The Labute approximate surface area is 195 Å². The lowest BCUT2D eigenvalue weighted by Gasteiger charge is -2.21. The van der Waals surface area contributed by atoms with E-state index in [1.165, 1.54) is 16.2 Å². The number of pyridine rings is 1. The SMILES string of the molecule is CCC(C)N1C(=O)/C(=C\c2c(Oc3ccc(C)cc3C)nc3ccccn3c2=O)SC1=S. The summed E-state index contributed by atoms with van der Waals surface area (Å²) in [6, 6.07) is 11.1. The summed E-state index contributed by atoms with van der Waals surface area (Å²) in [5.41, 5.74) is 2.38. The van der Waals surface area contributed by atoms with Crippen LogP contribution in [0.4, 0.5) is 0 Å². The normalized spacial score (nSPS) is 16.2. The average molecular weight is 466 g/mol. The molecule has 0 N–H and O–H groups in total. The predicted octanol–water partition coefficient (Wildman–Crippen LogP) is 5.10. The number of thioether (sulfide) groups is 1. The van der Waals surface area contributed by atoms with Crippen LogP contribution in [0.15, 0.2) is 52.3 Å². The second-order valence-corrected chi connectivity index (χ2v) is 9.42. The molecule has 1 aliphatic heterocycles. The van der Waals surface area contributed by atoms with Crippen LogP contribution in [0, 0.1) is 13.8 Å². The zero-order valence-electron chi connectivity index (χ0n) is 18.3. The number of ether oxygens (including phenoxy) is 1. The van der Waals surface area contributed by atoms with Gasteiger partial charge in [0, 0.05) is 12.2 Å². The third-order valence-corrected chi connectivity index (χ3v) is 6.73. The van der Waals surface area contributed by atoms with Crippen LogP contribution in [0.3, 0.4) is 0 Å². The molecule has 0 aliphatic carbocycles. The molecule has 1 unspecified atom stereocenters. The van der Waals surface area contributed by atoms with Gasteiger partial charge in [-0.2, -0.15) is 4.98 Å². The molecule has 1 aliphatic rings. The monoisotopic (exact) mass is 465 g/mol. The van der Waals surface area contributed by atoms with Crippen molar-refractivity contribution in [2.75, 3.05) is 0 Å². The van der Waals surface area contributed by atoms with Gasteiger partial charge in [-0.15, -0.1) is 0 Å². The van der Waals surface area contributed by atoms with Crippen molar-refractivity contribution in [3.05, 3.63) is 74.5 Å². The van der Waals surface area contributed by atoms with Crippen molar-refractivity contribution < 1.29 is 9.53 Å². The van der Waals surface area contributed by atoms with Gasteiger partial charge in [0.05, 0.1) is 4.91 Å². The summed E-state index contributed by atoms with van der Waals surface area (Å²) in [4.78, 5) is 33.0. The number of fused-ring (bicyclic) bond motifs is 1. The number of carbonyl (C=O) groups is 1. The van der Waals surface area contributed by atoms with Crippen molar-refractivity contribution in [3.8, 4) is 11.6 Å². The van der Waals surface area contributed by atoms with Crippen molar-refractivity contribution in [3.63, 3.8) is 0 Å². The fourth-order valence-corrected chi connectivity index (χ4v) is 4.92. The molecule has 1 fully saturated rings. The van der Waals surface area contributed by atoms with Gasteiger partial charge in [-0.1, -0.05) is 54.7 Å². The van der Waals surface area contributed by atoms with Crippen LogP contribution in [0.1, 0.15) is 37.0 Å². The van der Waals surface area contributed by atoms with Crippen LogP contribution < -0.4 is 10.3 Å². The van der Waals surface area contributed by atoms with E-state index >= 15 is 0 Å². The Kier molecular flexibility index (Phi) is 6.17. The summed E-state index contributed by atoms with van der Waals surface area (Å²) < 4.78 is 8.04. The van der Waals surface area contributed by atoms with E-state index in [9.17, 15) is 9.59 Å². The van der Waals surface area contributed by atoms with E-state index in [0.717, 1.165) is 17.5 Å². The first-order valence-corrected chi connectivity index (χ1v) is 11.6. The fraction of sp³-hybridized carbons (Fsp3) is 0.250. The highest BCUT2D eigenvalue weighted by molar-refractivity contribution is 8.26. The van der Waals surface area contributed by atoms with Gasteiger partial charge in [0.15, 0.2) is 0 Å². The van der Waals surface area contributed by atoms with Gasteiger partial charge in [0.2, 0.25) is 5.88 Å². The minimum Gasteiger partial charge on any atom is -0.438 e. The molecule has 3 aromatic rings. The molecule has 4 rings (SSSR count). The van der Waals surface area contributed by atoms with Crippen LogP contribution in [0.25, 0.3) is 11.7 Å². The van der Waals surface area contributed by atoms with Crippen molar-refractivity contribution in [1.82, 2.24) is 14.3 Å². The Balaban J connectivity index is 1.86. The van der Waals surface area contributed by atoms with Gasteiger partial charge >= 0.3 is 0 Å². The van der Waals surface area contributed by atoms with E-state index in [2.05, 4.69) is 4.98 Å². The van der Waals surface area contributed by atoms with Crippen LogP contribution in [0.2, 0.25) is 0 Å². The first kappa shape index (κ1) is 22.2. The number of nitrogens with zero attached hydrogens (tertiary/aromatic N) is 3. The van der Waals surface area contributed by atoms with Crippen molar-refractivity contribution in [2.24, 2.45) is 0 Å². The largest absolute Gasteiger partial charge is 0.438 e. The summed E-state index contributed by atoms with van der Waals surface area (Å²) in [6.07, 6.45) is 3.98. The number of rotatable bonds is 5. The molecule has 0 radical (unpaired) electrons. The summed E-state index contributed by atoms with van der Waals surface area (Å²) >= 11 is 6.62. The molecule has 2 aromatic heterocycles. The molecule has 0 spiro atoms. The third kappa shape index (κ3) is 4.08. The van der Waals surface area contributed by atoms with Gasteiger partial charge < -0.3 is 4.74 Å². The number of thiocarbonyl (C=S) groups is 1.